The summed E-state index contributed by atoms with van der Waals surface area (Å²) in [6.45, 7) is 5.57. The van der Waals surface area contributed by atoms with Crippen molar-refractivity contribution in [2.24, 2.45) is 0 Å². The number of halogens is 1. The van der Waals surface area contributed by atoms with E-state index in [4.69, 9.17) is 16.3 Å². The van der Waals surface area contributed by atoms with Crippen molar-refractivity contribution >= 4 is 34.8 Å². The van der Waals surface area contributed by atoms with Crippen LogP contribution in [0.5, 0.6) is 5.75 Å². The smallest absolute Gasteiger partial charge is 0.226 e. The summed E-state index contributed by atoms with van der Waals surface area (Å²) in [7, 11) is 1.59. The first-order chi connectivity index (χ1) is 12.3. The predicted molar refractivity (Wildman–Crippen MR) is 105 cm³/mol. The van der Waals surface area contributed by atoms with Gasteiger partial charge < -0.3 is 15.0 Å². The molecule has 2 amide bonds. The van der Waals surface area contributed by atoms with E-state index in [1.54, 1.807) is 36.3 Å². The Labute approximate surface area is 158 Å². The molecule has 0 aromatic heterocycles. The minimum Gasteiger partial charge on any atom is -0.497 e. The van der Waals surface area contributed by atoms with Crippen LogP contribution in [-0.4, -0.2) is 25.5 Å². The summed E-state index contributed by atoms with van der Waals surface area (Å²) >= 11 is 6.34. The summed E-state index contributed by atoms with van der Waals surface area (Å²) in [4.78, 5) is 25.9. The molecule has 0 atom stereocenters. The molecule has 2 aromatic carbocycles. The van der Waals surface area contributed by atoms with Crippen molar-refractivity contribution in [2.45, 2.75) is 27.2 Å². The highest BCUT2D eigenvalue weighted by Gasteiger charge is 2.18. The van der Waals surface area contributed by atoms with Crippen LogP contribution in [0.2, 0.25) is 5.02 Å². The Morgan fingerprint density at radius 2 is 1.81 bits per heavy atom. The van der Waals surface area contributed by atoms with Crippen LogP contribution < -0.4 is 15.0 Å². The number of rotatable bonds is 6. The van der Waals surface area contributed by atoms with Crippen LogP contribution in [0.25, 0.3) is 0 Å². The second-order valence-electron chi connectivity index (χ2n) is 6.11. The van der Waals surface area contributed by atoms with Crippen molar-refractivity contribution in [1.29, 1.82) is 0 Å². The van der Waals surface area contributed by atoms with Crippen molar-refractivity contribution in [3.8, 4) is 5.75 Å². The average Bonchev–Trinajstić information content (AvgIpc) is 2.57. The number of nitrogens with one attached hydrogen (secondary N) is 1. The highest BCUT2D eigenvalue weighted by Crippen LogP contribution is 2.31. The van der Waals surface area contributed by atoms with Gasteiger partial charge in [-0.25, -0.2) is 0 Å². The first kappa shape index (κ1) is 19.8. The Balaban J connectivity index is 2.06. The normalized spacial score (nSPS) is 10.3. The number of methoxy groups -OCH3 is 1. The van der Waals surface area contributed by atoms with Gasteiger partial charge in [-0.1, -0.05) is 17.7 Å². The van der Waals surface area contributed by atoms with Gasteiger partial charge in [-0.05, 0) is 55.3 Å². The van der Waals surface area contributed by atoms with E-state index in [9.17, 15) is 9.59 Å². The van der Waals surface area contributed by atoms with Crippen LogP contribution in [0, 0.1) is 13.8 Å². The molecule has 138 valence electrons. The van der Waals surface area contributed by atoms with E-state index in [1.165, 1.54) is 6.92 Å². The molecule has 0 bridgehead atoms. The molecule has 1 N–H and O–H groups in total. The van der Waals surface area contributed by atoms with Gasteiger partial charge in [0.15, 0.2) is 0 Å². The maximum atomic E-state index is 12.2. The third-order valence-corrected chi connectivity index (χ3v) is 4.27. The summed E-state index contributed by atoms with van der Waals surface area (Å²) in [5.41, 5.74) is 3.26. The molecule has 2 rings (SSSR count). The van der Waals surface area contributed by atoms with E-state index >= 15 is 0 Å². The number of carbonyl (C=O) groups is 2. The van der Waals surface area contributed by atoms with E-state index in [-0.39, 0.29) is 24.8 Å². The lowest BCUT2D eigenvalue weighted by molar-refractivity contribution is -0.117. The van der Waals surface area contributed by atoms with Gasteiger partial charge in [0.05, 0.1) is 17.8 Å². The van der Waals surface area contributed by atoms with Crippen molar-refractivity contribution in [3.63, 3.8) is 0 Å². The number of aryl methyl sites for hydroxylation is 2. The SMILES string of the molecule is COc1ccc(NC(=O)CCN(C(C)=O)c2c(C)cc(C)cc2Cl)cc1. The molecular formula is C20H23ClN2O3. The van der Waals surface area contributed by atoms with Crippen LogP contribution in [0.4, 0.5) is 11.4 Å². The lowest BCUT2D eigenvalue weighted by Gasteiger charge is -2.24. The zero-order valence-corrected chi connectivity index (χ0v) is 16.2. The van der Waals surface area contributed by atoms with Gasteiger partial charge in [0.1, 0.15) is 5.75 Å². The van der Waals surface area contributed by atoms with Crippen molar-refractivity contribution in [2.75, 3.05) is 23.9 Å². The van der Waals surface area contributed by atoms with Gasteiger partial charge in [-0.3, -0.25) is 9.59 Å². The van der Waals surface area contributed by atoms with Gasteiger partial charge in [0, 0.05) is 25.6 Å². The lowest BCUT2D eigenvalue weighted by atomic mass is 10.1. The fourth-order valence-electron chi connectivity index (χ4n) is 2.79. The van der Waals surface area contributed by atoms with Gasteiger partial charge >= 0.3 is 0 Å². The first-order valence-electron chi connectivity index (χ1n) is 8.30. The summed E-state index contributed by atoms with van der Waals surface area (Å²) in [6, 6.07) is 10.9. The number of anilines is 2. The third-order valence-electron chi connectivity index (χ3n) is 3.98. The third kappa shape index (κ3) is 4.99. The fourth-order valence-corrected chi connectivity index (χ4v) is 3.21. The van der Waals surface area contributed by atoms with Crippen LogP contribution in [-0.2, 0) is 9.59 Å². The predicted octanol–water partition coefficient (Wildman–Crippen LogP) is 4.35. The zero-order chi connectivity index (χ0) is 19.3. The molecule has 0 unspecified atom stereocenters. The van der Waals surface area contributed by atoms with Crippen molar-refractivity contribution in [1.82, 2.24) is 0 Å². The number of benzene rings is 2. The Kier molecular flexibility index (Phi) is 6.64. The molecule has 0 saturated heterocycles. The number of hydrogen-bond acceptors (Lipinski definition) is 3. The van der Waals surface area contributed by atoms with Crippen LogP contribution in [0.1, 0.15) is 24.5 Å². The molecular weight excluding hydrogens is 352 g/mol. The maximum absolute atomic E-state index is 12.2. The Morgan fingerprint density at radius 1 is 1.15 bits per heavy atom. The summed E-state index contributed by atoms with van der Waals surface area (Å²) in [5.74, 6) is 0.383. The molecule has 26 heavy (non-hydrogen) atoms. The fraction of sp³-hybridized carbons (Fsp3) is 0.300. The van der Waals surface area contributed by atoms with Gasteiger partial charge in [-0.2, -0.15) is 0 Å². The first-order valence-corrected chi connectivity index (χ1v) is 8.68. The van der Waals surface area contributed by atoms with Crippen LogP contribution >= 0.6 is 11.6 Å². The zero-order valence-electron chi connectivity index (χ0n) is 15.4. The van der Waals surface area contributed by atoms with Crippen LogP contribution in [0.3, 0.4) is 0 Å². The maximum Gasteiger partial charge on any atom is 0.226 e. The molecule has 0 aliphatic heterocycles. The van der Waals surface area contributed by atoms with Crippen molar-refractivity contribution in [3.05, 3.63) is 52.5 Å². The number of amides is 2. The highest BCUT2D eigenvalue weighted by atomic mass is 35.5. The van der Waals surface area contributed by atoms with Gasteiger partial charge in [0.2, 0.25) is 11.8 Å². The minimum atomic E-state index is -0.178. The van der Waals surface area contributed by atoms with E-state index in [0.29, 0.717) is 16.4 Å². The minimum absolute atomic E-state index is 0.156. The second kappa shape index (κ2) is 8.72. The molecule has 0 saturated carbocycles. The summed E-state index contributed by atoms with van der Waals surface area (Å²) < 4.78 is 5.09. The van der Waals surface area contributed by atoms with E-state index < -0.39 is 0 Å². The number of hydrogen-bond donors (Lipinski definition) is 1. The number of carbonyl (C=O) groups excluding carboxylic acids is 2. The second-order valence-corrected chi connectivity index (χ2v) is 6.52. The molecule has 0 heterocycles. The lowest BCUT2D eigenvalue weighted by Crippen LogP contribution is -2.32. The van der Waals surface area contributed by atoms with Crippen molar-refractivity contribution < 1.29 is 14.3 Å². The topological polar surface area (TPSA) is 58.6 Å². The monoisotopic (exact) mass is 374 g/mol. The average molecular weight is 375 g/mol. The molecule has 6 heteroatoms. The molecule has 0 aliphatic carbocycles. The molecule has 0 fully saturated rings. The summed E-state index contributed by atoms with van der Waals surface area (Å²) in [5, 5.41) is 3.32. The van der Waals surface area contributed by atoms with E-state index in [2.05, 4.69) is 5.32 Å². The Morgan fingerprint density at radius 3 is 2.35 bits per heavy atom. The van der Waals surface area contributed by atoms with E-state index in [1.807, 2.05) is 26.0 Å². The standard InChI is InChI=1S/C20H23ClN2O3/c1-13-11-14(2)20(18(21)12-13)23(15(3)24)10-9-19(25)22-16-5-7-17(26-4)8-6-16/h5-8,11-12H,9-10H2,1-4H3,(H,22,25). The Bertz CT molecular complexity index is 780. The number of nitrogens with zero attached hydrogens (tertiary/aromatic N) is 1. The van der Waals surface area contributed by atoms with Gasteiger partial charge in [-0.15, -0.1) is 0 Å². The molecule has 2 aromatic rings. The largest absolute Gasteiger partial charge is 0.497 e. The summed E-state index contributed by atoms with van der Waals surface area (Å²) in [6.07, 6.45) is 0.162. The highest BCUT2D eigenvalue weighted by molar-refractivity contribution is 6.34. The quantitative estimate of drug-likeness (QED) is 0.817. The molecule has 0 radical (unpaired) electrons. The molecule has 5 nitrogen and oxygen atoms in total. The van der Waals surface area contributed by atoms with E-state index in [0.717, 1.165) is 16.9 Å². The number of ether oxygens (including phenoxy) is 1. The molecule has 0 spiro atoms. The van der Waals surface area contributed by atoms with Crippen LogP contribution in [0.15, 0.2) is 36.4 Å². The Hall–Kier alpha value is -2.53. The van der Waals surface area contributed by atoms with Gasteiger partial charge in [0.25, 0.3) is 0 Å². The molecule has 0 aliphatic rings.